The van der Waals surface area contributed by atoms with Gasteiger partial charge in [0.05, 0.1) is 5.54 Å². The van der Waals surface area contributed by atoms with E-state index in [9.17, 15) is 14.4 Å². The molecular weight excluding hydrogens is 721 g/mol. The minimum atomic E-state index is -1.07. The van der Waals surface area contributed by atoms with Crippen LogP contribution in [0.1, 0.15) is 54.5 Å². The first-order valence-corrected chi connectivity index (χ1v) is 19.9. The Kier molecular flexibility index (Phi) is 13.1. The lowest BCUT2D eigenvalue weighted by atomic mass is 9.76. The van der Waals surface area contributed by atoms with E-state index in [0.29, 0.717) is 0 Å². The summed E-state index contributed by atoms with van der Waals surface area (Å²) in [5.74, 6) is -0.945. The molecule has 56 heavy (non-hydrogen) atoms. The molecule has 8 nitrogen and oxygen atoms in total. The highest BCUT2D eigenvalue weighted by molar-refractivity contribution is 7.99. The lowest BCUT2D eigenvalue weighted by molar-refractivity contribution is -0.156. The molecule has 2 N–H and O–H groups in total. The number of rotatable bonds is 16. The highest BCUT2D eigenvalue weighted by Crippen LogP contribution is 2.44. The first-order chi connectivity index (χ1) is 27.1. The first-order valence-electron chi connectivity index (χ1n) is 18.7. The fraction of sp³-hybridized carbons (Fsp3) is 0.255. The van der Waals surface area contributed by atoms with Crippen molar-refractivity contribution in [1.82, 2.24) is 10.6 Å². The number of carbonyl (C=O) groups is 3. The van der Waals surface area contributed by atoms with E-state index in [2.05, 4.69) is 29.3 Å². The van der Waals surface area contributed by atoms with Gasteiger partial charge in [-0.2, -0.15) is 11.8 Å². The van der Waals surface area contributed by atoms with E-state index in [4.69, 9.17) is 14.2 Å². The van der Waals surface area contributed by atoms with Gasteiger partial charge in [-0.05, 0) is 59.7 Å². The van der Waals surface area contributed by atoms with Gasteiger partial charge in [0, 0.05) is 17.4 Å². The van der Waals surface area contributed by atoms with E-state index in [-0.39, 0.29) is 30.6 Å². The molecule has 0 unspecified atom stereocenters. The third-order valence-electron chi connectivity index (χ3n) is 9.54. The van der Waals surface area contributed by atoms with Crippen molar-refractivity contribution < 1.29 is 28.6 Å². The van der Waals surface area contributed by atoms with E-state index in [1.807, 2.05) is 127 Å². The van der Waals surface area contributed by atoms with E-state index < -0.39 is 41.3 Å². The molecular formula is C47H48N2O6S. The largest absolute Gasteiger partial charge is 0.460 e. The van der Waals surface area contributed by atoms with Crippen LogP contribution in [0.4, 0.5) is 4.79 Å². The summed E-state index contributed by atoms with van der Waals surface area (Å²) in [4.78, 5) is 40.9. The maximum absolute atomic E-state index is 13.9. The van der Waals surface area contributed by atoms with Crippen molar-refractivity contribution in [2.75, 3.05) is 24.7 Å². The zero-order chi connectivity index (χ0) is 39.5. The van der Waals surface area contributed by atoms with Crippen molar-refractivity contribution in [3.63, 3.8) is 0 Å². The van der Waals surface area contributed by atoms with Crippen LogP contribution in [-0.2, 0) is 29.3 Å². The molecule has 1 aliphatic rings. The molecule has 6 rings (SSSR count). The molecule has 5 aromatic rings. The van der Waals surface area contributed by atoms with Gasteiger partial charge in [-0.1, -0.05) is 152 Å². The predicted molar refractivity (Wildman–Crippen MR) is 222 cm³/mol. The zero-order valence-electron chi connectivity index (χ0n) is 32.0. The third kappa shape index (κ3) is 9.41. The van der Waals surface area contributed by atoms with Gasteiger partial charge in [0.1, 0.15) is 30.9 Å². The SMILES string of the molecule is C=CCOC(=O)[C@@H](CSC[C@H](NC(=O)OCC1c2ccccc2-c2ccccc21)C(=O)OC(C)(C)C)NC(c1ccccc1)(c1ccccc1)c1ccccc1. The summed E-state index contributed by atoms with van der Waals surface area (Å²) in [6.07, 6.45) is 0.789. The van der Waals surface area contributed by atoms with Crippen LogP contribution in [0.15, 0.2) is 152 Å². The molecule has 2 atom stereocenters. The molecule has 288 valence electrons. The number of hydrogen-bond donors (Lipinski definition) is 2. The summed E-state index contributed by atoms with van der Waals surface area (Å²) < 4.78 is 17.2. The summed E-state index contributed by atoms with van der Waals surface area (Å²) in [5, 5.41) is 6.49. The molecule has 1 aliphatic carbocycles. The summed E-state index contributed by atoms with van der Waals surface area (Å²) in [6.45, 7) is 9.16. The van der Waals surface area contributed by atoms with Gasteiger partial charge in [0.2, 0.25) is 0 Å². The number of alkyl carbamates (subject to hydrolysis) is 1. The average molecular weight is 769 g/mol. The second-order valence-electron chi connectivity index (χ2n) is 14.6. The van der Waals surface area contributed by atoms with Gasteiger partial charge in [-0.25, -0.2) is 9.59 Å². The number of ether oxygens (including phenoxy) is 3. The number of carbonyl (C=O) groups excluding carboxylic acids is 3. The van der Waals surface area contributed by atoms with Crippen LogP contribution in [-0.4, -0.2) is 60.4 Å². The predicted octanol–water partition coefficient (Wildman–Crippen LogP) is 8.65. The van der Waals surface area contributed by atoms with E-state index in [0.717, 1.165) is 38.9 Å². The van der Waals surface area contributed by atoms with Gasteiger partial charge in [0.25, 0.3) is 0 Å². The summed E-state index contributed by atoms with van der Waals surface area (Å²) in [6, 6.07) is 44.1. The lowest BCUT2D eigenvalue weighted by Gasteiger charge is -2.39. The van der Waals surface area contributed by atoms with E-state index in [1.165, 1.54) is 17.8 Å². The maximum Gasteiger partial charge on any atom is 0.407 e. The molecule has 0 spiro atoms. The summed E-state index contributed by atoms with van der Waals surface area (Å²) >= 11 is 1.32. The Morgan fingerprint density at radius 3 is 1.61 bits per heavy atom. The van der Waals surface area contributed by atoms with Crippen molar-refractivity contribution in [1.29, 1.82) is 0 Å². The summed E-state index contributed by atoms with van der Waals surface area (Å²) in [5.41, 5.74) is 5.40. The van der Waals surface area contributed by atoms with Gasteiger partial charge >= 0.3 is 18.0 Å². The highest BCUT2D eigenvalue weighted by Gasteiger charge is 2.40. The Hall–Kier alpha value is -5.64. The zero-order valence-corrected chi connectivity index (χ0v) is 32.8. The second kappa shape index (κ2) is 18.3. The van der Waals surface area contributed by atoms with Gasteiger partial charge < -0.3 is 19.5 Å². The first kappa shape index (κ1) is 40.0. The average Bonchev–Trinajstić information content (AvgIpc) is 3.53. The number of esters is 2. The van der Waals surface area contributed by atoms with Crippen molar-refractivity contribution in [2.45, 2.75) is 49.9 Å². The van der Waals surface area contributed by atoms with Gasteiger partial charge in [-0.15, -0.1) is 0 Å². The molecule has 0 saturated heterocycles. The molecule has 0 heterocycles. The highest BCUT2D eigenvalue weighted by atomic mass is 32.2. The molecule has 5 aromatic carbocycles. The second-order valence-corrected chi connectivity index (χ2v) is 15.6. The number of amides is 1. The fourth-order valence-corrected chi connectivity index (χ4v) is 8.16. The van der Waals surface area contributed by atoms with Crippen LogP contribution in [0.25, 0.3) is 11.1 Å². The molecule has 1 amide bonds. The Morgan fingerprint density at radius 1 is 0.661 bits per heavy atom. The molecule has 0 saturated carbocycles. The Bertz CT molecular complexity index is 1960. The Morgan fingerprint density at radius 2 is 1.12 bits per heavy atom. The minimum Gasteiger partial charge on any atom is -0.460 e. The molecule has 0 fully saturated rings. The lowest BCUT2D eigenvalue weighted by Crippen LogP contribution is -2.54. The normalized spacial score (nSPS) is 13.4. The number of hydrogen-bond acceptors (Lipinski definition) is 8. The fourth-order valence-electron chi connectivity index (χ4n) is 7.11. The minimum absolute atomic E-state index is 0.0283. The monoisotopic (exact) mass is 768 g/mol. The van der Waals surface area contributed by atoms with Crippen LogP contribution in [0.3, 0.4) is 0 Å². The van der Waals surface area contributed by atoms with Crippen LogP contribution < -0.4 is 10.6 Å². The topological polar surface area (TPSA) is 103 Å². The molecule has 0 aromatic heterocycles. The molecule has 9 heteroatoms. The van der Waals surface area contributed by atoms with Crippen LogP contribution in [0, 0.1) is 0 Å². The van der Waals surface area contributed by atoms with Crippen LogP contribution in [0.2, 0.25) is 0 Å². The van der Waals surface area contributed by atoms with Gasteiger partial charge in [0.15, 0.2) is 0 Å². The maximum atomic E-state index is 13.9. The van der Waals surface area contributed by atoms with Crippen molar-refractivity contribution in [3.05, 3.63) is 180 Å². The smallest absolute Gasteiger partial charge is 0.407 e. The van der Waals surface area contributed by atoms with E-state index in [1.54, 1.807) is 20.8 Å². The summed E-state index contributed by atoms with van der Waals surface area (Å²) in [7, 11) is 0. The number of nitrogens with one attached hydrogen (secondary N) is 2. The standard InChI is InChI=1S/C47H48N2O6S/c1-5-29-53-43(50)42(49-47(33-19-9-6-10-20-33,34-21-11-7-12-22-34)35-23-13-8-14-24-35)32-56-31-41(44(51)55-46(2,3)4)48-45(52)54-30-40-38-27-17-15-25-36(38)37-26-16-18-28-39(37)40/h5-28,40-42,49H,1,29-32H2,2-4H3,(H,48,52)/t41-,42+/m0/s1. The molecule has 0 aliphatic heterocycles. The quantitative estimate of drug-likeness (QED) is 0.0445. The number of fused-ring (bicyclic) bond motifs is 3. The van der Waals surface area contributed by atoms with Crippen LogP contribution in [0.5, 0.6) is 0 Å². The van der Waals surface area contributed by atoms with E-state index >= 15 is 0 Å². The van der Waals surface area contributed by atoms with Crippen molar-refractivity contribution in [2.24, 2.45) is 0 Å². The number of benzene rings is 5. The van der Waals surface area contributed by atoms with Gasteiger partial charge in [-0.3, -0.25) is 10.1 Å². The third-order valence-corrected chi connectivity index (χ3v) is 10.7. The van der Waals surface area contributed by atoms with Crippen LogP contribution >= 0.6 is 11.8 Å². The molecule has 0 radical (unpaired) electrons. The van der Waals surface area contributed by atoms with Crippen molar-refractivity contribution in [3.8, 4) is 11.1 Å². The Labute approximate surface area is 333 Å². The Balaban J connectivity index is 1.23. The number of thioether (sulfide) groups is 1. The molecule has 0 bridgehead atoms. The van der Waals surface area contributed by atoms with Crippen molar-refractivity contribution >= 4 is 29.8 Å².